The molecule has 3 aromatic carbocycles. The standard InChI is InChI=1S/C23H19FN2O4/c1-30-20-12-5-3-10-18(20)25-21(27)14-26-19-11-4-2-9-17(19)23(29,22(26)28)15-7-6-8-16(24)13-15/h2-13,29H,14H2,1H3,(H,25,27). The molecule has 0 aliphatic carbocycles. The van der Waals surface area contributed by atoms with Gasteiger partial charge in [-0.25, -0.2) is 4.39 Å². The summed E-state index contributed by atoms with van der Waals surface area (Å²) < 4.78 is 19.0. The Morgan fingerprint density at radius 1 is 1.10 bits per heavy atom. The zero-order valence-electron chi connectivity index (χ0n) is 16.1. The number of hydrogen-bond donors (Lipinski definition) is 2. The normalized spacial score (nSPS) is 17.6. The molecule has 2 amide bonds. The Morgan fingerprint density at radius 3 is 2.60 bits per heavy atom. The highest BCUT2D eigenvalue weighted by Gasteiger charge is 2.51. The van der Waals surface area contributed by atoms with E-state index in [9.17, 15) is 19.1 Å². The van der Waals surface area contributed by atoms with Crippen LogP contribution in [0.15, 0.2) is 72.8 Å². The summed E-state index contributed by atoms with van der Waals surface area (Å²) in [4.78, 5) is 27.1. The highest BCUT2D eigenvalue weighted by molar-refractivity contribution is 6.12. The molecule has 1 aliphatic heterocycles. The van der Waals surface area contributed by atoms with Crippen molar-refractivity contribution >= 4 is 23.2 Å². The monoisotopic (exact) mass is 406 g/mol. The van der Waals surface area contributed by atoms with E-state index in [0.29, 0.717) is 22.7 Å². The van der Waals surface area contributed by atoms with Crippen molar-refractivity contribution in [3.8, 4) is 5.75 Å². The summed E-state index contributed by atoms with van der Waals surface area (Å²) in [6.45, 7) is -0.328. The number of carbonyl (C=O) groups is 2. The molecule has 1 heterocycles. The molecule has 1 aliphatic rings. The van der Waals surface area contributed by atoms with Gasteiger partial charge in [0.05, 0.1) is 18.5 Å². The zero-order valence-corrected chi connectivity index (χ0v) is 16.1. The van der Waals surface area contributed by atoms with Gasteiger partial charge in [0.1, 0.15) is 18.1 Å². The summed E-state index contributed by atoms with van der Waals surface area (Å²) >= 11 is 0. The van der Waals surface area contributed by atoms with E-state index >= 15 is 0 Å². The molecule has 4 rings (SSSR count). The fourth-order valence-electron chi connectivity index (χ4n) is 3.67. The minimum atomic E-state index is -2.08. The molecule has 3 aromatic rings. The summed E-state index contributed by atoms with van der Waals surface area (Å²) in [6, 6.07) is 18.8. The van der Waals surface area contributed by atoms with Crippen molar-refractivity contribution in [2.75, 3.05) is 23.9 Å². The highest BCUT2D eigenvalue weighted by Crippen LogP contribution is 2.44. The molecule has 6 nitrogen and oxygen atoms in total. The molecule has 1 unspecified atom stereocenters. The van der Waals surface area contributed by atoms with Gasteiger partial charge in [0.2, 0.25) is 5.91 Å². The SMILES string of the molecule is COc1ccccc1NC(=O)CN1C(=O)C(O)(c2cccc(F)c2)c2ccccc21. The maximum Gasteiger partial charge on any atom is 0.268 e. The summed E-state index contributed by atoms with van der Waals surface area (Å²) in [5, 5.41) is 14.1. The maximum absolute atomic E-state index is 13.8. The van der Waals surface area contributed by atoms with Crippen LogP contribution in [0.2, 0.25) is 0 Å². The van der Waals surface area contributed by atoms with Gasteiger partial charge in [-0.1, -0.05) is 42.5 Å². The second kappa shape index (κ2) is 7.61. The molecule has 0 radical (unpaired) electrons. The third kappa shape index (κ3) is 3.19. The molecule has 30 heavy (non-hydrogen) atoms. The summed E-state index contributed by atoms with van der Waals surface area (Å²) in [5.74, 6) is -1.27. The smallest absolute Gasteiger partial charge is 0.268 e. The van der Waals surface area contributed by atoms with Crippen LogP contribution in [0, 0.1) is 5.82 Å². The van der Waals surface area contributed by atoms with E-state index < -0.39 is 23.2 Å². The van der Waals surface area contributed by atoms with Crippen molar-refractivity contribution in [3.63, 3.8) is 0 Å². The number of rotatable bonds is 5. The lowest BCUT2D eigenvalue weighted by molar-refractivity contribution is -0.133. The largest absolute Gasteiger partial charge is 0.495 e. The average Bonchev–Trinajstić information content (AvgIpc) is 2.97. The van der Waals surface area contributed by atoms with Crippen LogP contribution < -0.4 is 15.0 Å². The molecule has 7 heteroatoms. The van der Waals surface area contributed by atoms with E-state index in [1.807, 2.05) is 0 Å². The molecule has 0 saturated heterocycles. The number of carbonyl (C=O) groups excluding carboxylic acids is 2. The van der Waals surface area contributed by atoms with Crippen molar-refractivity contribution in [1.82, 2.24) is 0 Å². The number of methoxy groups -OCH3 is 1. The van der Waals surface area contributed by atoms with E-state index in [-0.39, 0.29) is 12.1 Å². The molecule has 0 spiro atoms. The number of aliphatic hydroxyl groups is 1. The Bertz CT molecular complexity index is 1130. The van der Waals surface area contributed by atoms with Crippen LogP contribution in [-0.2, 0) is 15.2 Å². The third-order valence-electron chi connectivity index (χ3n) is 5.06. The van der Waals surface area contributed by atoms with Crippen molar-refractivity contribution in [2.24, 2.45) is 0 Å². The van der Waals surface area contributed by atoms with Crippen LogP contribution >= 0.6 is 0 Å². The van der Waals surface area contributed by atoms with E-state index in [4.69, 9.17) is 4.74 Å². The van der Waals surface area contributed by atoms with E-state index in [0.717, 1.165) is 6.07 Å². The second-order valence-electron chi connectivity index (χ2n) is 6.88. The number of nitrogens with zero attached hydrogens (tertiary/aromatic N) is 1. The van der Waals surface area contributed by atoms with Gasteiger partial charge in [0, 0.05) is 11.1 Å². The van der Waals surface area contributed by atoms with Crippen molar-refractivity contribution in [2.45, 2.75) is 5.60 Å². The summed E-state index contributed by atoms with van der Waals surface area (Å²) in [5.41, 5.74) is -0.823. The quantitative estimate of drug-likeness (QED) is 0.683. The summed E-state index contributed by atoms with van der Waals surface area (Å²) in [7, 11) is 1.49. The Morgan fingerprint density at radius 2 is 1.83 bits per heavy atom. The Labute approximate surface area is 172 Å². The Balaban J connectivity index is 1.66. The van der Waals surface area contributed by atoms with Gasteiger partial charge in [0.15, 0.2) is 5.60 Å². The van der Waals surface area contributed by atoms with Crippen molar-refractivity contribution < 1.29 is 23.8 Å². The number of benzene rings is 3. The van der Waals surface area contributed by atoms with E-state index in [1.54, 1.807) is 48.5 Å². The first-order valence-corrected chi connectivity index (χ1v) is 9.28. The van der Waals surface area contributed by atoms with E-state index in [1.165, 1.54) is 30.2 Å². The Hall–Kier alpha value is -3.71. The molecule has 0 fully saturated rings. The average molecular weight is 406 g/mol. The molecule has 0 saturated carbocycles. The van der Waals surface area contributed by atoms with Gasteiger partial charge < -0.3 is 15.2 Å². The molecule has 0 aromatic heterocycles. The lowest BCUT2D eigenvalue weighted by atomic mass is 9.87. The van der Waals surface area contributed by atoms with Gasteiger partial charge in [0.25, 0.3) is 5.91 Å². The molecule has 2 N–H and O–H groups in total. The highest BCUT2D eigenvalue weighted by atomic mass is 19.1. The molecule has 0 bridgehead atoms. The fraction of sp³-hybridized carbons (Fsp3) is 0.130. The maximum atomic E-state index is 13.8. The number of fused-ring (bicyclic) bond motifs is 1. The van der Waals surface area contributed by atoms with Gasteiger partial charge in [-0.2, -0.15) is 0 Å². The third-order valence-corrected chi connectivity index (χ3v) is 5.06. The summed E-state index contributed by atoms with van der Waals surface area (Å²) in [6.07, 6.45) is 0. The minimum absolute atomic E-state index is 0.104. The number of ether oxygens (including phenoxy) is 1. The van der Waals surface area contributed by atoms with Crippen LogP contribution in [-0.4, -0.2) is 30.6 Å². The number of anilines is 2. The van der Waals surface area contributed by atoms with Gasteiger partial charge in [-0.3, -0.25) is 14.5 Å². The molecular formula is C23H19FN2O4. The number of amides is 2. The number of para-hydroxylation sites is 3. The van der Waals surface area contributed by atoms with Crippen molar-refractivity contribution in [3.05, 3.63) is 89.7 Å². The van der Waals surface area contributed by atoms with Gasteiger partial charge in [-0.15, -0.1) is 0 Å². The predicted octanol–water partition coefficient (Wildman–Crippen LogP) is 3.06. The van der Waals surface area contributed by atoms with Crippen molar-refractivity contribution in [1.29, 1.82) is 0 Å². The van der Waals surface area contributed by atoms with Crippen LogP contribution in [0.3, 0.4) is 0 Å². The van der Waals surface area contributed by atoms with Gasteiger partial charge in [-0.05, 0) is 30.3 Å². The van der Waals surface area contributed by atoms with E-state index in [2.05, 4.69) is 5.32 Å². The van der Waals surface area contributed by atoms with Crippen LogP contribution in [0.25, 0.3) is 0 Å². The van der Waals surface area contributed by atoms with Crippen LogP contribution in [0.1, 0.15) is 11.1 Å². The van der Waals surface area contributed by atoms with Gasteiger partial charge >= 0.3 is 0 Å². The Kier molecular flexibility index (Phi) is 4.97. The lowest BCUT2D eigenvalue weighted by Gasteiger charge is -2.23. The van der Waals surface area contributed by atoms with Crippen LogP contribution in [0.5, 0.6) is 5.75 Å². The minimum Gasteiger partial charge on any atom is -0.495 e. The molecular weight excluding hydrogens is 387 g/mol. The molecule has 1 atom stereocenters. The zero-order chi connectivity index (χ0) is 21.3. The number of nitrogens with one attached hydrogen (secondary N) is 1. The first-order chi connectivity index (χ1) is 14.4. The first-order valence-electron chi connectivity index (χ1n) is 9.28. The van der Waals surface area contributed by atoms with Crippen LogP contribution in [0.4, 0.5) is 15.8 Å². The molecule has 152 valence electrons. The fourth-order valence-corrected chi connectivity index (χ4v) is 3.67. The first kappa shape index (κ1) is 19.6. The topological polar surface area (TPSA) is 78.9 Å². The number of hydrogen-bond acceptors (Lipinski definition) is 4. The number of halogens is 1. The lowest BCUT2D eigenvalue weighted by Crippen LogP contribution is -2.44. The second-order valence-corrected chi connectivity index (χ2v) is 6.88. The predicted molar refractivity (Wildman–Crippen MR) is 110 cm³/mol.